The van der Waals surface area contributed by atoms with E-state index in [0.717, 1.165) is 6.92 Å². The molecule has 22 heteroatoms. The van der Waals surface area contributed by atoms with Crippen molar-refractivity contribution in [1.82, 2.24) is 0 Å². The number of benzene rings is 3. The molecule has 0 amide bonds. The van der Waals surface area contributed by atoms with Gasteiger partial charge < -0.3 is 97.7 Å². The molecule has 8 rings (SSSR count). The van der Waals surface area contributed by atoms with E-state index < -0.39 is 118 Å². The van der Waals surface area contributed by atoms with E-state index in [1.807, 2.05) is 0 Å². The van der Waals surface area contributed by atoms with E-state index in [1.165, 1.54) is 14.2 Å². The van der Waals surface area contributed by atoms with Gasteiger partial charge in [-0.3, -0.25) is 4.79 Å². The third-order valence-electron chi connectivity index (χ3n) is 11.2. The Balaban J connectivity index is 1.23. The summed E-state index contributed by atoms with van der Waals surface area (Å²) in [6, 6.07) is 8.30. The topological polar surface area (TPSA) is 307 Å². The number of rotatable bonds is 12. The zero-order chi connectivity index (χ0) is 44.1. The zero-order valence-electron chi connectivity index (χ0n) is 33.3. The number of hydrogen-bond acceptors (Lipinski definition) is 22. The van der Waals surface area contributed by atoms with Gasteiger partial charge in [0.2, 0.25) is 13.1 Å². The molecule has 0 aromatic heterocycles. The molecule has 338 valence electrons. The summed E-state index contributed by atoms with van der Waals surface area (Å²) >= 11 is 0. The van der Waals surface area contributed by atoms with Crippen molar-refractivity contribution in [3.05, 3.63) is 41.5 Å². The van der Waals surface area contributed by atoms with Crippen LogP contribution < -0.4 is 23.7 Å². The van der Waals surface area contributed by atoms with E-state index in [4.69, 9.17) is 56.8 Å². The van der Waals surface area contributed by atoms with Crippen LogP contribution in [0, 0.1) is 0 Å². The summed E-state index contributed by atoms with van der Waals surface area (Å²) in [5, 5.41) is 85.5. The van der Waals surface area contributed by atoms with Crippen LogP contribution in [0.5, 0.6) is 28.7 Å². The van der Waals surface area contributed by atoms with Gasteiger partial charge >= 0.3 is 11.9 Å². The first-order chi connectivity index (χ1) is 29.7. The van der Waals surface area contributed by atoms with Crippen molar-refractivity contribution in [2.75, 3.05) is 40.8 Å². The average Bonchev–Trinajstić information content (AvgIpc) is 3.90. The lowest BCUT2D eigenvalue weighted by Crippen LogP contribution is -2.66. The number of aliphatic hydroxyl groups excluding tert-OH is 8. The predicted molar refractivity (Wildman–Crippen MR) is 201 cm³/mol. The van der Waals surface area contributed by atoms with Gasteiger partial charge in [0.15, 0.2) is 41.7 Å². The maximum atomic E-state index is 13.7. The summed E-state index contributed by atoms with van der Waals surface area (Å²) in [5.41, 5.74) is 1.23. The molecule has 5 heterocycles. The molecule has 5 aliphatic heterocycles. The fraction of sp³-hybridized carbons (Fsp3) is 0.550. The van der Waals surface area contributed by atoms with Crippen LogP contribution in [-0.2, 0) is 44.6 Å². The highest BCUT2D eigenvalue weighted by molar-refractivity contribution is 6.14. The molecule has 22 nitrogen and oxygen atoms in total. The number of hydrogen-bond donors (Lipinski definition) is 8. The lowest BCUT2D eigenvalue weighted by Gasteiger charge is -2.47. The van der Waals surface area contributed by atoms with E-state index in [2.05, 4.69) is 0 Å². The zero-order valence-corrected chi connectivity index (χ0v) is 33.3. The Morgan fingerprint density at radius 1 is 0.742 bits per heavy atom. The minimum atomic E-state index is -1.99. The average molecular weight is 879 g/mol. The fourth-order valence-corrected chi connectivity index (χ4v) is 8.08. The van der Waals surface area contributed by atoms with Crippen LogP contribution in [0.4, 0.5) is 0 Å². The van der Waals surface area contributed by atoms with Gasteiger partial charge in [-0.1, -0.05) is 6.07 Å². The number of carbonyl (C=O) groups excluding carboxylic acids is 2. The molecule has 3 saturated heterocycles. The second kappa shape index (κ2) is 17.8. The van der Waals surface area contributed by atoms with E-state index in [9.17, 15) is 50.4 Å². The number of ether oxygens (including phenoxy) is 12. The lowest BCUT2D eigenvalue weighted by atomic mass is 9.89. The molecular weight excluding hydrogens is 832 g/mol. The fourth-order valence-electron chi connectivity index (χ4n) is 8.08. The van der Waals surface area contributed by atoms with Crippen molar-refractivity contribution in [1.29, 1.82) is 0 Å². The Labute approximate surface area is 351 Å². The number of fused-ring (bicyclic) bond motifs is 3. The van der Waals surface area contributed by atoms with Gasteiger partial charge in [0.25, 0.3) is 0 Å². The third kappa shape index (κ3) is 7.95. The van der Waals surface area contributed by atoms with Crippen molar-refractivity contribution >= 4 is 22.7 Å². The normalized spacial score (nSPS) is 34.1. The number of carbonyl (C=O) groups is 2. The largest absolute Gasteiger partial charge is 0.493 e. The summed E-state index contributed by atoms with van der Waals surface area (Å²) in [6.07, 6.45) is -24.2. The molecule has 0 bridgehead atoms. The predicted octanol–water partition coefficient (Wildman–Crippen LogP) is -2.04. The molecule has 0 aliphatic carbocycles. The highest BCUT2D eigenvalue weighted by Gasteiger charge is 2.54. The van der Waals surface area contributed by atoms with Crippen LogP contribution in [-0.4, -0.2) is 180 Å². The van der Waals surface area contributed by atoms with Crippen LogP contribution in [0.3, 0.4) is 0 Å². The third-order valence-corrected chi connectivity index (χ3v) is 11.2. The van der Waals surface area contributed by atoms with Crippen molar-refractivity contribution in [3.8, 4) is 39.9 Å². The van der Waals surface area contributed by atoms with Gasteiger partial charge in [-0.25, -0.2) is 4.79 Å². The Morgan fingerprint density at radius 2 is 1.44 bits per heavy atom. The SMILES string of the molecule is COc1cc2c(O[C@@H]3O[C@H](CO[C@@H]4OC[C@H](O)[C@H](O)[C@H]4O)[C@H](OC(C)=O)[C@H](O[C@@H]4O[C@H](CO)[C@@H](O)[C@H](O)[C@H]4O)[C@H]3O)c3c(c(-c4ccc5c(c4)OCO5)c2cc1OC)C(=O)OC3. The van der Waals surface area contributed by atoms with Crippen LogP contribution in [0.2, 0.25) is 0 Å². The maximum Gasteiger partial charge on any atom is 0.339 e. The number of esters is 2. The van der Waals surface area contributed by atoms with Crippen molar-refractivity contribution < 1.29 is 107 Å². The molecule has 0 radical (unpaired) electrons. The van der Waals surface area contributed by atoms with Gasteiger partial charge in [-0.15, -0.1) is 0 Å². The molecule has 0 saturated carbocycles. The van der Waals surface area contributed by atoms with Crippen LogP contribution >= 0.6 is 0 Å². The number of cyclic esters (lactones) is 1. The lowest BCUT2D eigenvalue weighted by molar-refractivity contribution is -0.357. The molecule has 3 aromatic rings. The highest BCUT2D eigenvalue weighted by atomic mass is 16.8. The standard InChI is InChI=1S/C40H46O22/c1-14(42)58-35-25(12-55-38-31(47)28(44)19(43)11-54-38)60-40(33(49)36(35)62-39-32(48)30(46)29(45)24(9-41)59-39)61-34-17-8-22(52-3)21(51-2)7-16(17)26(27-18(34)10-53-37(27)50)15-4-5-20-23(6-15)57-13-56-20/h4-8,19,24-25,28-33,35-36,38-41,43-49H,9-13H2,1-3H3/t19-,24+,25+,28-,29+,30-,31+,32+,33+,35-,36+,38-,39-,40-/m0/s1. The monoisotopic (exact) mass is 878 g/mol. The van der Waals surface area contributed by atoms with Crippen LogP contribution in [0.25, 0.3) is 21.9 Å². The number of aliphatic hydroxyl groups is 8. The van der Waals surface area contributed by atoms with E-state index >= 15 is 0 Å². The summed E-state index contributed by atoms with van der Waals surface area (Å²) in [7, 11) is 2.83. The van der Waals surface area contributed by atoms with Gasteiger partial charge in [-0.05, 0) is 35.2 Å². The summed E-state index contributed by atoms with van der Waals surface area (Å²) in [6.45, 7) is -1.17. The molecule has 5 aliphatic rings. The Morgan fingerprint density at radius 3 is 2.15 bits per heavy atom. The Bertz CT molecular complexity index is 2150. The molecule has 0 spiro atoms. The Kier molecular flexibility index (Phi) is 12.7. The molecule has 62 heavy (non-hydrogen) atoms. The molecule has 8 N–H and O–H groups in total. The second-order valence-corrected chi connectivity index (χ2v) is 15.1. The first kappa shape index (κ1) is 44.0. The summed E-state index contributed by atoms with van der Waals surface area (Å²) in [4.78, 5) is 26.3. The Hall–Kier alpha value is -4.66. The summed E-state index contributed by atoms with van der Waals surface area (Å²) < 4.78 is 69.2. The van der Waals surface area contributed by atoms with E-state index in [0.29, 0.717) is 33.4 Å². The highest BCUT2D eigenvalue weighted by Crippen LogP contribution is 2.50. The molecule has 14 atom stereocenters. The van der Waals surface area contributed by atoms with Gasteiger partial charge in [0, 0.05) is 23.4 Å². The van der Waals surface area contributed by atoms with E-state index in [1.54, 1.807) is 30.3 Å². The molecule has 0 unspecified atom stereocenters. The van der Waals surface area contributed by atoms with Gasteiger partial charge in [-0.2, -0.15) is 0 Å². The van der Waals surface area contributed by atoms with Crippen molar-refractivity contribution in [2.24, 2.45) is 0 Å². The number of methoxy groups -OCH3 is 2. The minimum Gasteiger partial charge on any atom is -0.493 e. The van der Waals surface area contributed by atoms with Crippen LogP contribution in [0.1, 0.15) is 22.8 Å². The van der Waals surface area contributed by atoms with Crippen LogP contribution in [0.15, 0.2) is 30.3 Å². The van der Waals surface area contributed by atoms with Gasteiger partial charge in [0.1, 0.15) is 73.4 Å². The maximum absolute atomic E-state index is 13.7. The molecule has 3 fully saturated rings. The van der Waals surface area contributed by atoms with Gasteiger partial charge in [0.05, 0.1) is 39.6 Å². The van der Waals surface area contributed by atoms with Crippen molar-refractivity contribution in [3.63, 3.8) is 0 Å². The van der Waals surface area contributed by atoms with E-state index in [-0.39, 0.29) is 41.8 Å². The summed E-state index contributed by atoms with van der Waals surface area (Å²) in [5.74, 6) is -0.256. The molecule has 3 aromatic carbocycles. The first-order valence-electron chi connectivity index (χ1n) is 19.5. The smallest absolute Gasteiger partial charge is 0.339 e. The minimum absolute atomic E-state index is 0.00796. The van der Waals surface area contributed by atoms with Crippen molar-refractivity contribution in [2.45, 2.75) is 99.5 Å². The second-order valence-electron chi connectivity index (χ2n) is 15.1. The first-order valence-corrected chi connectivity index (χ1v) is 19.5. The quantitative estimate of drug-likeness (QED) is 0.0909. The molecular formula is C40H46O22.